The van der Waals surface area contributed by atoms with E-state index in [2.05, 4.69) is 5.32 Å². The van der Waals surface area contributed by atoms with Crippen molar-refractivity contribution < 1.29 is 14.7 Å². The van der Waals surface area contributed by atoms with Gasteiger partial charge in [-0.1, -0.05) is 48.9 Å². The second kappa shape index (κ2) is 8.50. The van der Waals surface area contributed by atoms with Gasteiger partial charge in [0.1, 0.15) is 0 Å². The number of rotatable bonds is 7. The summed E-state index contributed by atoms with van der Waals surface area (Å²) < 4.78 is 0. The van der Waals surface area contributed by atoms with Crippen LogP contribution in [0.2, 0.25) is 5.02 Å². The maximum absolute atomic E-state index is 12.2. The van der Waals surface area contributed by atoms with Gasteiger partial charge >= 0.3 is 5.97 Å². The normalized spacial score (nSPS) is 11.8. The van der Waals surface area contributed by atoms with Gasteiger partial charge in [0.2, 0.25) is 5.91 Å². The van der Waals surface area contributed by atoms with Crippen LogP contribution >= 0.6 is 11.6 Å². The van der Waals surface area contributed by atoms with Crippen molar-refractivity contribution in [3.8, 4) is 0 Å². The third kappa shape index (κ3) is 5.10. The third-order valence-corrected chi connectivity index (χ3v) is 4.19. The number of carbonyl (C=O) groups is 2. The van der Waals surface area contributed by atoms with Crippen LogP contribution in [0.5, 0.6) is 0 Å². The maximum Gasteiger partial charge on any atom is 0.335 e. The van der Waals surface area contributed by atoms with Crippen molar-refractivity contribution in [1.29, 1.82) is 0 Å². The molecule has 2 aromatic carbocycles. The van der Waals surface area contributed by atoms with Crippen molar-refractivity contribution in [3.05, 3.63) is 70.2 Å². The lowest BCUT2D eigenvalue weighted by molar-refractivity contribution is -0.124. The fourth-order valence-electron chi connectivity index (χ4n) is 2.45. The fourth-order valence-corrected chi connectivity index (χ4v) is 2.66. The predicted octanol–water partition coefficient (Wildman–Crippen LogP) is 3.58. The Balaban J connectivity index is 1.83. The van der Waals surface area contributed by atoms with Crippen LogP contribution in [-0.2, 0) is 17.6 Å². The number of aromatic carboxylic acids is 1. The summed E-state index contributed by atoms with van der Waals surface area (Å²) in [6.45, 7) is 2.33. The Hall–Kier alpha value is -2.33. The van der Waals surface area contributed by atoms with Gasteiger partial charge in [0, 0.05) is 17.5 Å². The average Bonchev–Trinajstić information content (AvgIpc) is 2.57. The Morgan fingerprint density at radius 3 is 2.62 bits per heavy atom. The summed E-state index contributed by atoms with van der Waals surface area (Å²) in [4.78, 5) is 23.1. The van der Waals surface area contributed by atoms with Crippen molar-refractivity contribution in [2.75, 3.05) is 6.54 Å². The summed E-state index contributed by atoms with van der Waals surface area (Å²) in [6, 6.07) is 14.2. The van der Waals surface area contributed by atoms with E-state index in [0.29, 0.717) is 24.4 Å². The van der Waals surface area contributed by atoms with E-state index in [0.717, 1.165) is 11.1 Å². The summed E-state index contributed by atoms with van der Waals surface area (Å²) in [5.41, 5.74) is 2.09. The molecule has 1 atom stereocenters. The summed E-state index contributed by atoms with van der Waals surface area (Å²) in [5, 5.41) is 12.5. The van der Waals surface area contributed by atoms with Crippen LogP contribution in [0.4, 0.5) is 0 Å². The fraction of sp³-hybridized carbons (Fsp3) is 0.263. The highest BCUT2D eigenvalue weighted by Crippen LogP contribution is 2.18. The van der Waals surface area contributed by atoms with Gasteiger partial charge in [0.05, 0.1) is 5.56 Å². The van der Waals surface area contributed by atoms with E-state index in [1.54, 1.807) is 18.2 Å². The molecule has 2 aromatic rings. The van der Waals surface area contributed by atoms with Crippen molar-refractivity contribution in [2.45, 2.75) is 19.8 Å². The third-order valence-electron chi connectivity index (χ3n) is 3.82. The molecule has 0 fully saturated rings. The minimum atomic E-state index is -0.950. The Morgan fingerprint density at radius 2 is 1.92 bits per heavy atom. The lowest BCUT2D eigenvalue weighted by Crippen LogP contribution is -2.32. The largest absolute Gasteiger partial charge is 0.478 e. The number of halogens is 1. The first-order valence-corrected chi connectivity index (χ1v) is 8.18. The Labute approximate surface area is 146 Å². The SMILES string of the molecule is CC(Cc1ccccc1Cl)C(=O)NCCc1cccc(C(=O)O)c1. The predicted molar refractivity (Wildman–Crippen MR) is 94.4 cm³/mol. The highest BCUT2D eigenvalue weighted by molar-refractivity contribution is 6.31. The number of carboxylic acid groups (broad SMARTS) is 1. The van der Waals surface area contributed by atoms with E-state index in [-0.39, 0.29) is 17.4 Å². The highest BCUT2D eigenvalue weighted by Gasteiger charge is 2.14. The zero-order valence-corrected chi connectivity index (χ0v) is 14.2. The van der Waals surface area contributed by atoms with Crippen LogP contribution in [0.3, 0.4) is 0 Å². The molecule has 0 aromatic heterocycles. The van der Waals surface area contributed by atoms with E-state index in [4.69, 9.17) is 16.7 Å². The van der Waals surface area contributed by atoms with Gasteiger partial charge < -0.3 is 10.4 Å². The molecule has 0 saturated carbocycles. The van der Waals surface area contributed by atoms with Gasteiger partial charge in [-0.3, -0.25) is 4.79 Å². The molecule has 126 valence electrons. The standard InChI is InChI=1S/C19H20ClNO3/c1-13(11-15-6-2-3-8-17(15)20)18(22)21-10-9-14-5-4-7-16(12-14)19(23)24/h2-8,12-13H,9-11H2,1H3,(H,21,22)(H,23,24). The summed E-state index contributed by atoms with van der Waals surface area (Å²) in [7, 11) is 0. The number of hydrogen-bond donors (Lipinski definition) is 2. The minimum absolute atomic E-state index is 0.0377. The first-order chi connectivity index (χ1) is 11.5. The molecule has 0 saturated heterocycles. The maximum atomic E-state index is 12.2. The van der Waals surface area contributed by atoms with Crippen molar-refractivity contribution >= 4 is 23.5 Å². The van der Waals surface area contributed by atoms with Gasteiger partial charge in [-0.2, -0.15) is 0 Å². The molecule has 1 unspecified atom stereocenters. The quantitative estimate of drug-likeness (QED) is 0.806. The van der Waals surface area contributed by atoms with Gasteiger partial charge in [-0.05, 0) is 42.2 Å². The van der Waals surface area contributed by atoms with Gasteiger partial charge in [0.15, 0.2) is 0 Å². The summed E-state index contributed by atoms with van der Waals surface area (Å²) in [6.07, 6.45) is 1.17. The van der Waals surface area contributed by atoms with E-state index in [1.165, 1.54) is 0 Å². The van der Waals surface area contributed by atoms with Gasteiger partial charge in [-0.15, -0.1) is 0 Å². The molecular weight excluding hydrogens is 326 g/mol. The van der Waals surface area contributed by atoms with Crippen molar-refractivity contribution in [1.82, 2.24) is 5.32 Å². The molecule has 0 spiro atoms. The Morgan fingerprint density at radius 1 is 1.17 bits per heavy atom. The molecule has 4 nitrogen and oxygen atoms in total. The summed E-state index contributed by atoms with van der Waals surface area (Å²) >= 11 is 6.12. The Bertz CT molecular complexity index is 730. The average molecular weight is 346 g/mol. The first-order valence-electron chi connectivity index (χ1n) is 7.80. The smallest absolute Gasteiger partial charge is 0.335 e. The molecule has 2 rings (SSSR count). The second-order valence-electron chi connectivity index (χ2n) is 5.74. The minimum Gasteiger partial charge on any atom is -0.478 e. The van der Waals surface area contributed by atoms with Crippen LogP contribution in [0.15, 0.2) is 48.5 Å². The topological polar surface area (TPSA) is 66.4 Å². The number of hydrogen-bond acceptors (Lipinski definition) is 2. The lowest BCUT2D eigenvalue weighted by atomic mass is 10.00. The molecule has 0 heterocycles. The molecule has 0 bridgehead atoms. The first kappa shape index (κ1) is 18.0. The van der Waals surface area contributed by atoms with Crippen molar-refractivity contribution in [2.24, 2.45) is 5.92 Å². The van der Waals surface area contributed by atoms with Crippen LogP contribution < -0.4 is 5.32 Å². The Kier molecular flexibility index (Phi) is 6.38. The zero-order valence-electron chi connectivity index (χ0n) is 13.5. The van der Waals surface area contributed by atoms with Crippen LogP contribution in [0.1, 0.15) is 28.4 Å². The molecule has 0 aliphatic heterocycles. The van der Waals surface area contributed by atoms with Crippen LogP contribution in [0.25, 0.3) is 0 Å². The number of nitrogens with one attached hydrogen (secondary N) is 1. The van der Waals surface area contributed by atoms with Gasteiger partial charge in [0.25, 0.3) is 0 Å². The number of carbonyl (C=O) groups excluding carboxylic acids is 1. The van der Waals surface area contributed by atoms with E-state index in [1.807, 2.05) is 37.3 Å². The lowest BCUT2D eigenvalue weighted by Gasteiger charge is -2.13. The molecule has 2 N–H and O–H groups in total. The van der Waals surface area contributed by atoms with E-state index in [9.17, 15) is 9.59 Å². The van der Waals surface area contributed by atoms with Gasteiger partial charge in [-0.25, -0.2) is 4.79 Å². The molecule has 1 amide bonds. The molecule has 0 radical (unpaired) electrons. The van der Waals surface area contributed by atoms with Crippen molar-refractivity contribution in [3.63, 3.8) is 0 Å². The molecule has 0 aliphatic rings. The van der Waals surface area contributed by atoms with E-state index >= 15 is 0 Å². The van der Waals surface area contributed by atoms with Crippen LogP contribution in [-0.4, -0.2) is 23.5 Å². The molecular formula is C19H20ClNO3. The number of carboxylic acids is 1. The highest BCUT2D eigenvalue weighted by atomic mass is 35.5. The molecule has 24 heavy (non-hydrogen) atoms. The van der Waals surface area contributed by atoms with E-state index < -0.39 is 5.97 Å². The van der Waals surface area contributed by atoms with Crippen LogP contribution in [0, 0.1) is 5.92 Å². The summed E-state index contributed by atoms with van der Waals surface area (Å²) in [5.74, 6) is -1.17. The monoisotopic (exact) mass is 345 g/mol. The zero-order chi connectivity index (χ0) is 17.5. The molecule has 5 heteroatoms. The molecule has 0 aliphatic carbocycles. The second-order valence-corrected chi connectivity index (χ2v) is 6.15. The number of amides is 1. The number of benzene rings is 2.